The van der Waals surface area contributed by atoms with Crippen LogP contribution in [0.25, 0.3) is 22.5 Å². The predicted octanol–water partition coefficient (Wildman–Crippen LogP) is 2.94. The lowest BCUT2D eigenvalue weighted by atomic mass is 10.1. The second-order valence-corrected chi connectivity index (χ2v) is 6.31. The Labute approximate surface area is 160 Å². The van der Waals surface area contributed by atoms with Gasteiger partial charge in [-0.2, -0.15) is 10.2 Å². The second kappa shape index (κ2) is 7.43. The Bertz CT molecular complexity index is 1100. The van der Waals surface area contributed by atoms with Crippen molar-refractivity contribution in [3.8, 4) is 22.5 Å². The zero-order chi connectivity index (χ0) is 19.5. The Balaban J connectivity index is 1.38. The first-order chi connectivity index (χ1) is 13.6. The number of H-pyrrole nitrogens is 1. The summed E-state index contributed by atoms with van der Waals surface area (Å²) in [4.78, 5) is 16.7. The van der Waals surface area contributed by atoms with Crippen LogP contribution in [0.3, 0.4) is 0 Å². The summed E-state index contributed by atoms with van der Waals surface area (Å²) < 4.78 is 14.7. The fourth-order valence-corrected chi connectivity index (χ4v) is 2.74. The van der Waals surface area contributed by atoms with Gasteiger partial charge in [-0.15, -0.1) is 0 Å². The molecule has 3 heterocycles. The van der Waals surface area contributed by atoms with Gasteiger partial charge in [0.15, 0.2) is 0 Å². The van der Waals surface area contributed by atoms with Crippen LogP contribution in [-0.4, -0.2) is 30.9 Å². The standard InChI is InChI=1S/C20H17FN6O/c1-27-12-15(11-24-27)17-7-2-13(9-22-17)10-23-20(28)19-8-18(25-26-19)14-3-5-16(21)6-4-14/h2-9,11-12H,10H2,1H3,(H,23,28)(H,25,26). The van der Waals surface area contributed by atoms with E-state index in [9.17, 15) is 9.18 Å². The van der Waals surface area contributed by atoms with Gasteiger partial charge < -0.3 is 5.32 Å². The number of halogens is 1. The SMILES string of the molecule is Cn1cc(-c2ccc(CNC(=O)c3cc(-c4ccc(F)cc4)n[nH]3)cn2)cn1. The zero-order valence-corrected chi connectivity index (χ0v) is 15.1. The third-order valence-electron chi connectivity index (χ3n) is 4.24. The normalized spacial score (nSPS) is 10.8. The van der Waals surface area contributed by atoms with Crippen LogP contribution >= 0.6 is 0 Å². The number of hydrogen-bond donors (Lipinski definition) is 2. The highest BCUT2D eigenvalue weighted by Crippen LogP contribution is 2.18. The van der Waals surface area contributed by atoms with Crippen LogP contribution in [0.15, 0.2) is 61.1 Å². The van der Waals surface area contributed by atoms with Crippen LogP contribution in [0.1, 0.15) is 16.1 Å². The van der Waals surface area contributed by atoms with Crippen molar-refractivity contribution in [2.75, 3.05) is 0 Å². The number of hydrogen-bond acceptors (Lipinski definition) is 4. The van der Waals surface area contributed by atoms with Gasteiger partial charge in [-0.25, -0.2) is 4.39 Å². The van der Waals surface area contributed by atoms with Crippen LogP contribution in [0.5, 0.6) is 0 Å². The van der Waals surface area contributed by atoms with E-state index in [4.69, 9.17) is 0 Å². The maximum atomic E-state index is 13.0. The summed E-state index contributed by atoms with van der Waals surface area (Å²) in [6.07, 6.45) is 5.36. The molecule has 0 aliphatic carbocycles. The lowest BCUT2D eigenvalue weighted by Gasteiger charge is -2.04. The number of pyridine rings is 1. The fraction of sp³-hybridized carbons (Fsp3) is 0.100. The molecular formula is C20H17FN6O. The number of aromatic amines is 1. The van der Waals surface area contributed by atoms with Crippen LogP contribution < -0.4 is 5.32 Å². The molecule has 140 valence electrons. The van der Waals surface area contributed by atoms with Gasteiger partial charge in [-0.3, -0.25) is 19.6 Å². The van der Waals surface area contributed by atoms with Crippen LogP contribution in [0.4, 0.5) is 4.39 Å². The minimum Gasteiger partial charge on any atom is -0.347 e. The van der Waals surface area contributed by atoms with E-state index in [1.54, 1.807) is 35.3 Å². The van der Waals surface area contributed by atoms with Gasteiger partial charge in [0.2, 0.25) is 0 Å². The molecule has 0 bridgehead atoms. The average molecular weight is 376 g/mol. The highest BCUT2D eigenvalue weighted by atomic mass is 19.1. The number of aromatic nitrogens is 5. The van der Waals surface area contributed by atoms with Gasteiger partial charge in [0, 0.05) is 37.1 Å². The van der Waals surface area contributed by atoms with Crippen molar-refractivity contribution in [3.05, 3.63) is 78.1 Å². The van der Waals surface area contributed by atoms with Crippen molar-refractivity contribution < 1.29 is 9.18 Å². The Hall–Kier alpha value is -3.81. The molecule has 2 N–H and O–H groups in total. The molecular weight excluding hydrogens is 359 g/mol. The molecule has 0 aliphatic heterocycles. The van der Waals surface area contributed by atoms with E-state index in [0.717, 1.165) is 22.4 Å². The number of aryl methyl sites for hydroxylation is 1. The number of carbonyl (C=O) groups is 1. The smallest absolute Gasteiger partial charge is 0.269 e. The summed E-state index contributed by atoms with van der Waals surface area (Å²) in [6.45, 7) is 0.337. The monoisotopic (exact) mass is 376 g/mol. The van der Waals surface area contributed by atoms with Crippen LogP contribution in [0.2, 0.25) is 0 Å². The summed E-state index contributed by atoms with van der Waals surface area (Å²) in [5, 5.41) is 13.8. The van der Waals surface area contributed by atoms with E-state index in [1.165, 1.54) is 12.1 Å². The molecule has 0 spiro atoms. The third-order valence-corrected chi connectivity index (χ3v) is 4.24. The zero-order valence-electron chi connectivity index (χ0n) is 15.1. The van der Waals surface area contributed by atoms with Gasteiger partial charge in [-0.05, 0) is 42.0 Å². The maximum Gasteiger partial charge on any atom is 0.269 e. The van der Waals surface area contributed by atoms with E-state index < -0.39 is 0 Å². The Morgan fingerprint density at radius 1 is 1.11 bits per heavy atom. The minimum absolute atomic E-state index is 0.280. The van der Waals surface area contributed by atoms with Crippen molar-refractivity contribution in [2.45, 2.75) is 6.54 Å². The van der Waals surface area contributed by atoms with E-state index in [1.807, 2.05) is 25.4 Å². The van der Waals surface area contributed by atoms with E-state index in [2.05, 4.69) is 25.6 Å². The topological polar surface area (TPSA) is 88.5 Å². The van der Waals surface area contributed by atoms with Gasteiger partial charge in [0.1, 0.15) is 11.5 Å². The molecule has 1 amide bonds. The maximum absolute atomic E-state index is 13.0. The minimum atomic E-state index is -0.319. The summed E-state index contributed by atoms with van der Waals surface area (Å²) >= 11 is 0. The number of rotatable bonds is 5. The third kappa shape index (κ3) is 3.80. The van der Waals surface area contributed by atoms with E-state index in [-0.39, 0.29) is 11.7 Å². The first-order valence-electron chi connectivity index (χ1n) is 8.62. The number of carbonyl (C=O) groups excluding carboxylic acids is 1. The Morgan fingerprint density at radius 3 is 2.61 bits per heavy atom. The summed E-state index contributed by atoms with van der Waals surface area (Å²) in [7, 11) is 1.85. The quantitative estimate of drug-likeness (QED) is 0.561. The molecule has 0 saturated heterocycles. The number of amides is 1. The molecule has 0 radical (unpaired) electrons. The molecule has 7 nitrogen and oxygen atoms in total. The van der Waals surface area contributed by atoms with Crippen molar-refractivity contribution in [2.24, 2.45) is 7.05 Å². The number of benzene rings is 1. The second-order valence-electron chi connectivity index (χ2n) is 6.31. The van der Waals surface area contributed by atoms with Crippen LogP contribution in [-0.2, 0) is 13.6 Å². The Morgan fingerprint density at radius 2 is 1.93 bits per heavy atom. The van der Waals surface area contributed by atoms with Crippen molar-refractivity contribution >= 4 is 5.91 Å². The molecule has 0 fully saturated rings. The molecule has 4 aromatic rings. The summed E-state index contributed by atoms with van der Waals surface area (Å²) in [5.74, 6) is -0.599. The number of nitrogens with one attached hydrogen (secondary N) is 2. The molecule has 0 atom stereocenters. The molecule has 4 rings (SSSR count). The summed E-state index contributed by atoms with van der Waals surface area (Å²) in [6, 6.07) is 11.4. The predicted molar refractivity (Wildman–Crippen MR) is 102 cm³/mol. The molecule has 3 aromatic heterocycles. The van der Waals surface area contributed by atoms with Crippen LogP contribution in [0, 0.1) is 5.82 Å². The Kier molecular flexibility index (Phi) is 4.67. The van der Waals surface area contributed by atoms with E-state index in [0.29, 0.717) is 17.9 Å². The molecule has 0 unspecified atom stereocenters. The van der Waals surface area contributed by atoms with Crippen molar-refractivity contribution in [3.63, 3.8) is 0 Å². The van der Waals surface area contributed by atoms with Gasteiger partial charge >= 0.3 is 0 Å². The average Bonchev–Trinajstić information content (AvgIpc) is 3.37. The van der Waals surface area contributed by atoms with Gasteiger partial charge in [-0.1, -0.05) is 6.07 Å². The summed E-state index contributed by atoms with van der Waals surface area (Å²) in [5.41, 5.74) is 4.27. The number of nitrogens with zero attached hydrogens (tertiary/aromatic N) is 4. The molecule has 1 aromatic carbocycles. The molecule has 28 heavy (non-hydrogen) atoms. The van der Waals surface area contributed by atoms with E-state index >= 15 is 0 Å². The fourth-order valence-electron chi connectivity index (χ4n) is 2.74. The van der Waals surface area contributed by atoms with Crippen molar-refractivity contribution in [1.29, 1.82) is 0 Å². The lowest BCUT2D eigenvalue weighted by molar-refractivity contribution is 0.0946. The molecule has 0 saturated carbocycles. The van der Waals surface area contributed by atoms with Gasteiger partial charge in [0.05, 0.1) is 17.6 Å². The highest BCUT2D eigenvalue weighted by Gasteiger charge is 2.11. The van der Waals surface area contributed by atoms with Crippen molar-refractivity contribution in [1.82, 2.24) is 30.3 Å². The first-order valence-corrected chi connectivity index (χ1v) is 8.62. The highest BCUT2D eigenvalue weighted by molar-refractivity contribution is 5.93. The molecule has 0 aliphatic rings. The largest absolute Gasteiger partial charge is 0.347 e. The lowest BCUT2D eigenvalue weighted by Crippen LogP contribution is -2.23. The molecule has 8 heteroatoms. The van der Waals surface area contributed by atoms with Gasteiger partial charge in [0.25, 0.3) is 5.91 Å². The first kappa shape index (κ1) is 17.6.